The summed E-state index contributed by atoms with van der Waals surface area (Å²) in [6.45, 7) is -0.668. The van der Waals surface area contributed by atoms with Gasteiger partial charge in [-0.15, -0.1) is 11.3 Å². The quantitative estimate of drug-likeness (QED) is 0.191. The number of halogens is 8. The van der Waals surface area contributed by atoms with Crippen molar-refractivity contribution in [2.75, 3.05) is 5.75 Å². The van der Waals surface area contributed by atoms with Gasteiger partial charge in [-0.3, -0.25) is 4.79 Å². The number of alkyl halides is 6. The molecule has 0 aliphatic heterocycles. The number of benzene rings is 2. The lowest BCUT2D eigenvalue weighted by Crippen LogP contribution is -2.28. The number of hydrogen-bond acceptors (Lipinski definition) is 5. The summed E-state index contributed by atoms with van der Waals surface area (Å²) >= 11 is 0.569. The third-order valence-corrected chi connectivity index (χ3v) is 9.96. The molecular formula is C29H18F8N2O3S2. The minimum absolute atomic E-state index is 0.0251. The van der Waals surface area contributed by atoms with E-state index in [9.17, 15) is 53.6 Å². The van der Waals surface area contributed by atoms with Crippen LogP contribution in [0.5, 0.6) is 0 Å². The molecule has 230 valence electrons. The van der Waals surface area contributed by atoms with E-state index in [4.69, 9.17) is 0 Å². The van der Waals surface area contributed by atoms with Crippen molar-refractivity contribution in [2.24, 2.45) is 5.92 Å². The van der Waals surface area contributed by atoms with Gasteiger partial charge in [0.1, 0.15) is 23.3 Å². The molecule has 0 bridgehead atoms. The third kappa shape index (κ3) is 6.41. The number of nitrogens with zero attached hydrogens (tertiary/aromatic N) is 2. The fourth-order valence-corrected chi connectivity index (χ4v) is 7.38. The molecule has 5 rings (SSSR count). The Balaban J connectivity index is 1.67. The molecule has 2 heterocycles. The highest BCUT2D eigenvalue weighted by Crippen LogP contribution is 2.44. The van der Waals surface area contributed by atoms with Crippen molar-refractivity contribution in [3.63, 3.8) is 0 Å². The summed E-state index contributed by atoms with van der Waals surface area (Å²) in [5.41, 5.74) is -6.75. The van der Waals surface area contributed by atoms with Gasteiger partial charge in [-0.1, -0.05) is 6.07 Å². The zero-order valence-electron chi connectivity index (χ0n) is 22.1. The Morgan fingerprint density at radius 3 is 2.20 bits per heavy atom. The molecule has 0 N–H and O–H groups in total. The Morgan fingerprint density at radius 2 is 1.61 bits per heavy atom. The molecule has 0 amide bonds. The van der Waals surface area contributed by atoms with Crippen LogP contribution in [-0.2, 0) is 28.7 Å². The van der Waals surface area contributed by atoms with Crippen LogP contribution in [0, 0.1) is 28.9 Å². The summed E-state index contributed by atoms with van der Waals surface area (Å²) in [6.07, 6.45) is -8.18. The van der Waals surface area contributed by atoms with Crippen LogP contribution in [0.25, 0.3) is 20.9 Å². The van der Waals surface area contributed by atoms with Crippen LogP contribution >= 0.6 is 11.3 Å². The molecule has 0 radical (unpaired) electrons. The second-order valence-electron chi connectivity index (χ2n) is 10.2. The van der Waals surface area contributed by atoms with Crippen LogP contribution in [0.2, 0.25) is 0 Å². The Labute approximate surface area is 248 Å². The van der Waals surface area contributed by atoms with E-state index in [2.05, 4.69) is 0 Å². The van der Waals surface area contributed by atoms with Crippen molar-refractivity contribution in [3.8, 4) is 27.0 Å². The lowest BCUT2D eigenvalue weighted by atomic mass is 10.0. The molecule has 0 spiro atoms. The minimum atomic E-state index is -5.23. The second kappa shape index (κ2) is 11.2. The number of sulfone groups is 1. The first-order valence-corrected chi connectivity index (χ1v) is 15.2. The number of nitriles is 1. The molecular weight excluding hydrogens is 640 g/mol. The first-order chi connectivity index (χ1) is 20.5. The molecule has 0 saturated heterocycles. The zero-order valence-corrected chi connectivity index (χ0v) is 23.7. The number of pyridine rings is 1. The predicted octanol–water partition coefficient (Wildman–Crippen LogP) is 7.66. The molecule has 44 heavy (non-hydrogen) atoms. The second-order valence-corrected chi connectivity index (χ2v) is 13.3. The van der Waals surface area contributed by atoms with Crippen LogP contribution in [0.15, 0.2) is 64.4 Å². The summed E-state index contributed by atoms with van der Waals surface area (Å²) in [4.78, 5) is 12.1. The average molecular weight is 659 g/mol. The van der Waals surface area contributed by atoms with Crippen LogP contribution in [0.4, 0.5) is 35.1 Å². The van der Waals surface area contributed by atoms with Crippen molar-refractivity contribution >= 4 is 21.2 Å². The molecule has 1 aliphatic carbocycles. The average Bonchev–Trinajstić information content (AvgIpc) is 3.59. The van der Waals surface area contributed by atoms with E-state index < -0.39 is 73.1 Å². The minimum Gasteiger partial charge on any atom is -0.309 e. The molecule has 5 nitrogen and oxygen atoms in total. The molecule has 2 aromatic carbocycles. The Kier molecular flexibility index (Phi) is 7.96. The van der Waals surface area contributed by atoms with E-state index in [1.54, 1.807) is 0 Å². The molecule has 0 unspecified atom stereocenters. The van der Waals surface area contributed by atoms with Crippen molar-refractivity contribution < 1.29 is 43.5 Å². The van der Waals surface area contributed by atoms with Crippen molar-refractivity contribution in [2.45, 2.75) is 36.6 Å². The summed E-state index contributed by atoms with van der Waals surface area (Å²) in [5.74, 6) is -2.53. The normalized spacial score (nSPS) is 14.1. The van der Waals surface area contributed by atoms with Gasteiger partial charge in [0.15, 0.2) is 9.84 Å². The lowest BCUT2D eigenvalue weighted by Gasteiger charge is -2.17. The summed E-state index contributed by atoms with van der Waals surface area (Å²) in [7, 11) is -4.11. The number of hydrogen-bond donors (Lipinski definition) is 0. The number of rotatable bonds is 7. The fraction of sp³-hybridized carbons (Fsp3) is 0.241. The van der Waals surface area contributed by atoms with Gasteiger partial charge in [0.2, 0.25) is 0 Å². The topological polar surface area (TPSA) is 79.9 Å². The van der Waals surface area contributed by atoms with E-state index in [0.29, 0.717) is 46.9 Å². The molecule has 15 heteroatoms. The summed E-state index contributed by atoms with van der Waals surface area (Å²) in [6, 6.07) is 8.13. The third-order valence-electron chi connectivity index (χ3n) is 6.93. The molecule has 1 fully saturated rings. The van der Waals surface area contributed by atoms with Crippen molar-refractivity contribution in [1.29, 1.82) is 5.26 Å². The maximum Gasteiger partial charge on any atom is 0.418 e. The van der Waals surface area contributed by atoms with Gasteiger partial charge in [0.25, 0.3) is 5.56 Å². The van der Waals surface area contributed by atoms with E-state index in [1.807, 2.05) is 0 Å². The standard InChI is InChI=1S/C29H18F8N2O3S2/c30-19-4-3-16(23(31)10-19)12-39-13-22(26(29(35,36)37)21(11-38)27(39)40)25-6-5-24(43-25)17-7-18(28(32,33)34)9-20(8-17)44(41,42)14-15-1-2-15/h3-10,13,15H,1-2,12,14H2. The number of thiophene rings is 1. The molecule has 4 aromatic rings. The van der Waals surface area contributed by atoms with Gasteiger partial charge in [-0.25, -0.2) is 17.2 Å². The van der Waals surface area contributed by atoms with Crippen LogP contribution in [0.3, 0.4) is 0 Å². The highest BCUT2D eigenvalue weighted by atomic mass is 32.2. The van der Waals surface area contributed by atoms with E-state index >= 15 is 0 Å². The summed E-state index contributed by atoms with van der Waals surface area (Å²) < 4.78 is 138. The fourth-order valence-electron chi connectivity index (χ4n) is 4.61. The SMILES string of the molecule is N#Cc1c(C(F)(F)F)c(-c2ccc(-c3cc(C(F)(F)F)cc(S(=O)(=O)CC4CC4)c3)s2)cn(Cc2ccc(F)cc2F)c1=O. The van der Waals surface area contributed by atoms with Crippen molar-refractivity contribution in [3.05, 3.63) is 99.0 Å². The molecule has 1 aliphatic rings. The number of aromatic nitrogens is 1. The molecule has 1 saturated carbocycles. The highest BCUT2D eigenvalue weighted by molar-refractivity contribution is 7.91. The largest absolute Gasteiger partial charge is 0.418 e. The Hall–Kier alpha value is -4.03. The maximum atomic E-state index is 14.3. The van der Waals surface area contributed by atoms with Gasteiger partial charge in [0, 0.05) is 33.1 Å². The molecule has 0 atom stereocenters. The summed E-state index contributed by atoms with van der Waals surface area (Å²) in [5, 5.41) is 9.53. The van der Waals surface area contributed by atoms with E-state index in [1.165, 1.54) is 12.1 Å². The molecule has 2 aromatic heterocycles. The monoisotopic (exact) mass is 658 g/mol. The maximum absolute atomic E-state index is 14.3. The Bertz CT molecular complexity index is 1980. The van der Waals surface area contributed by atoms with Gasteiger partial charge < -0.3 is 4.57 Å². The first-order valence-electron chi connectivity index (χ1n) is 12.7. The van der Waals surface area contributed by atoms with Gasteiger partial charge in [-0.05, 0) is 60.7 Å². The first kappa shape index (κ1) is 31.4. The Morgan fingerprint density at radius 1 is 0.932 bits per heavy atom. The predicted molar refractivity (Wildman–Crippen MR) is 144 cm³/mol. The highest BCUT2D eigenvalue weighted by Gasteiger charge is 2.40. The smallest absolute Gasteiger partial charge is 0.309 e. The van der Waals surface area contributed by atoms with Crippen molar-refractivity contribution in [1.82, 2.24) is 4.57 Å². The van der Waals surface area contributed by atoms with Crippen LogP contribution < -0.4 is 5.56 Å². The van der Waals surface area contributed by atoms with Crippen LogP contribution in [-0.4, -0.2) is 18.7 Å². The van der Waals surface area contributed by atoms with Gasteiger partial charge >= 0.3 is 12.4 Å². The van der Waals surface area contributed by atoms with E-state index in [-0.39, 0.29) is 32.6 Å². The van der Waals surface area contributed by atoms with E-state index in [0.717, 1.165) is 30.5 Å². The lowest BCUT2D eigenvalue weighted by molar-refractivity contribution is -0.138. The zero-order chi connectivity index (χ0) is 32.2. The van der Waals surface area contributed by atoms with Crippen LogP contribution in [0.1, 0.15) is 35.1 Å². The van der Waals surface area contributed by atoms with Gasteiger partial charge in [-0.2, -0.15) is 31.6 Å². The van der Waals surface area contributed by atoms with Gasteiger partial charge in [0.05, 0.1) is 28.3 Å².